The second-order valence-corrected chi connectivity index (χ2v) is 2.85. The first-order valence-electron chi connectivity index (χ1n) is 4.42. The Labute approximate surface area is 73.6 Å². The summed E-state index contributed by atoms with van der Waals surface area (Å²) >= 11 is 0. The number of hydrogen-bond donors (Lipinski definition) is 0. The van der Waals surface area contributed by atoms with Gasteiger partial charge in [0.05, 0.1) is 0 Å². The molecule has 0 aliphatic carbocycles. The summed E-state index contributed by atoms with van der Waals surface area (Å²) in [5, 5.41) is 0. The Morgan fingerprint density at radius 3 is 2.67 bits per heavy atom. The molecule has 1 aliphatic rings. The van der Waals surface area contributed by atoms with Crippen molar-refractivity contribution in [3.63, 3.8) is 0 Å². The lowest BCUT2D eigenvalue weighted by Crippen LogP contribution is -2.27. The topological polar surface area (TPSA) is 20.3 Å². The summed E-state index contributed by atoms with van der Waals surface area (Å²) in [4.78, 5) is 13.2. The first kappa shape index (κ1) is 9.04. The molecule has 12 heavy (non-hydrogen) atoms. The van der Waals surface area contributed by atoms with Crippen LogP contribution in [0, 0.1) is 0 Å². The van der Waals surface area contributed by atoms with Crippen LogP contribution in [0.4, 0.5) is 0 Å². The van der Waals surface area contributed by atoms with Gasteiger partial charge >= 0.3 is 0 Å². The molecule has 0 aromatic carbocycles. The second kappa shape index (κ2) is 4.75. The van der Waals surface area contributed by atoms with Crippen molar-refractivity contribution in [1.82, 2.24) is 4.90 Å². The van der Waals surface area contributed by atoms with Crippen LogP contribution in [0.5, 0.6) is 0 Å². The number of amides is 1. The van der Waals surface area contributed by atoms with Crippen molar-refractivity contribution >= 4 is 5.91 Å². The third-order valence-corrected chi connectivity index (χ3v) is 1.87. The molecule has 0 N–H and O–H groups in total. The van der Waals surface area contributed by atoms with E-state index in [2.05, 4.69) is 6.92 Å². The van der Waals surface area contributed by atoms with E-state index in [1.54, 1.807) is 0 Å². The van der Waals surface area contributed by atoms with Crippen LogP contribution >= 0.6 is 0 Å². The first-order chi connectivity index (χ1) is 5.84. The molecule has 1 aliphatic heterocycles. The Morgan fingerprint density at radius 1 is 1.42 bits per heavy atom. The van der Waals surface area contributed by atoms with E-state index in [1.165, 1.54) is 0 Å². The van der Waals surface area contributed by atoms with Gasteiger partial charge in [0, 0.05) is 19.5 Å². The predicted octanol–water partition coefficient (Wildman–Crippen LogP) is 1.74. The Balaban J connectivity index is 2.24. The average Bonchev–Trinajstić information content (AvgIpc) is 2.56. The van der Waals surface area contributed by atoms with E-state index in [9.17, 15) is 4.79 Å². The number of nitrogens with zero attached hydrogens (tertiary/aromatic N) is 1. The molecule has 0 saturated carbocycles. The summed E-state index contributed by atoms with van der Waals surface area (Å²) in [7, 11) is 0. The lowest BCUT2D eigenvalue weighted by Gasteiger charge is -2.13. The second-order valence-electron chi connectivity index (χ2n) is 2.85. The lowest BCUT2D eigenvalue weighted by molar-refractivity contribution is -0.128. The van der Waals surface area contributed by atoms with E-state index in [-0.39, 0.29) is 5.91 Å². The monoisotopic (exact) mass is 165 g/mol. The van der Waals surface area contributed by atoms with E-state index in [0.717, 1.165) is 19.5 Å². The van der Waals surface area contributed by atoms with Crippen molar-refractivity contribution < 1.29 is 4.79 Å². The zero-order chi connectivity index (χ0) is 8.81. The minimum atomic E-state index is 0.227. The maximum Gasteiger partial charge on any atom is 0.226 e. The first-order valence-corrected chi connectivity index (χ1v) is 4.42. The standard InChI is InChI=1S/C10H15NO/c1-2-3-4-7-10(12)11-8-5-6-9-11/h3-6H,2,7-9H2,1H3/b4-3+. The smallest absolute Gasteiger partial charge is 0.226 e. The van der Waals surface area contributed by atoms with Crippen LogP contribution in [0.15, 0.2) is 24.3 Å². The van der Waals surface area contributed by atoms with Crippen LogP contribution in [-0.2, 0) is 4.79 Å². The fraction of sp³-hybridized carbons (Fsp3) is 0.500. The van der Waals surface area contributed by atoms with Gasteiger partial charge in [0.25, 0.3) is 0 Å². The van der Waals surface area contributed by atoms with Gasteiger partial charge in [0.1, 0.15) is 0 Å². The van der Waals surface area contributed by atoms with Crippen molar-refractivity contribution in [1.29, 1.82) is 0 Å². The van der Waals surface area contributed by atoms with Crippen LogP contribution in [0.1, 0.15) is 19.8 Å². The quantitative estimate of drug-likeness (QED) is 0.583. The van der Waals surface area contributed by atoms with Crippen molar-refractivity contribution in [2.24, 2.45) is 0 Å². The van der Waals surface area contributed by atoms with Gasteiger partial charge in [0.15, 0.2) is 0 Å². The van der Waals surface area contributed by atoms with Gasteiger partial charge in [-0.1, -0.05) is 31.2 Å². The van der Waals surface area contributed by atoms with Crippen molar-refractivity contribution in [2.75, 3.05) is 13.1 Å². The highest BCUT2D eigenvalue weighted by Gasteiger charge is 2.11. The molecule has 0 atom stereocenters. The Kier molecular flexibility index (Phi) is 3.58. The molecule has 1 heterocycles. The Hall–Kier alpha value is -1.05. The van der Waals surface area contributed by atoms with Crippen LogP contribution < -0.4 is 0 Å². The maximum atomic E-state index is 11.4. The number of hydrogen-bond acceptors (Lipinski definition) is 1. The number of carbonyl (C=O) groups excluding carboxylic acids is 1. The molecule has 0 bridgehead atoms. The molecule has 2 nitrogen and oxygen atoms in total. The van der Waals surface area contributed by atoms with Gasteiger partial charge in [0.2, 0.25) is 5.91 Å². The maximum absolute atomic E-state index is 11.4. The Bertz CT molecular complexity index is 198. The van der Waals surface area contributed by atoms with Crippen LogP contribution in [-0.4, -0.2) is 23.9 Å². The molecular weight excluding hydrogens is 150 g/mol. The van der Waals surface area contributed by atoms with Gasteiger partial charge in [-0.25, -0.2) is 0 Å². The van der Waals surface area contributed by atoms with Gasteiger partial charge in [-0.3, -0.25) is 4.79 Å². The Morgan fingerprint density at radius 2 is 2.08 bits per heavy atom. The lowest BCUT2D eigenvalue weighted by atomic mass is 10.3. The summed E-state index contributed by atoms with van der Waals surface area (Å²) in [6.45, 7) is 3.65. The highest BCUT2D eigenvalue weighted by Crippen LogP contribution is 2.02. The van der Waals surface area contributed by atoms with Crippen molar-refractivity contribution in [3.8, 4) is 0 Å². The molecule has 66 valence electrons. The van der Waals surface area contributed by atoms with Crippen LogP contribution in [0.25, 0.3) is 0 Å². The minimum absolute atomic E-state index is 0.227. The summed E-state index contributed by atoms with van der Waals surface area (Å²) in [6, 6.07) is 0. The summed E-state index contributed by atoms with van der Waals surface area (Å²) in [5.74, 6) is 0.227. The largest absolute Gasteiger partial charge is 0.335 e. The SMILES string of the molecule is CC/C=C/CC(=O)N1CC=CC1. The predicted molar refractivity (Wildman–Crippen MR) is 49.8 cm³/mol. The zero-order valence-electron chi connectivity index (χ0n) is 7.49. The van der Waals surface area contributed by atoms with Gasteiger partial charge in [-0.15, -0.1) is 0 Å². The molecule has 0 aromatic heterocycles. The normalized spacial score (nSPS) is 16.2. The van der Waals surface area contributed by atoms with Crippen LogP contribution in [0.2, 0.25) is 0 Å². The molecular formula is C10H15NO. The molecule has 0 spiro atoms. The summed E-state index contributed by atoms with van der Waals surface area (Å²) in [5.41, 5.74) is 0. The van der Waals surface area contributed by atoms with Gasteiger partial charge in [-0.05, 0) is 6.42 Å². The highest BCUT2D eigenvalue weighted by atomic mass is 16.2. The molecule has 0 radical (unpaired) electrons. The minimum Gasteiger partial charge on any atom is -0.335 e. The zero-order valence-corrected chi connectivity index (χ0v) is 7.49. The van der Waals surface area contributed by atoms with Gasteiger partial charge < -0.3 is 4.90 Å². The van der Waals surface area contributed by atoms with E-state index >= 15 is 0 Å². The molecule has 1 rings (SSSR count). The average molecular weight is 165 g/mol. The molecule has 0 saturated heterocycles. The fourth-order valence-corrected chi connectivity index (χ4v) is 1.16. The van der Waals surface area contributed by atoms with Crippen molar-refractivity contribution in [2.45, 2.75) is 19.8 Å². The van der Waals surface area contributed by atoms with E-state index in [1.807, 2.05) is 29.2 Å². The van der Waals surface area contributed by atoms with E-state index < -0.39 is 0 Å². The molecule has 0 fully saturated rings. The summed E-state index contributed by atoms with van der Waals surface area (Å²) < 4.78 is 0. The molecule has 2 heteroatoms. The third kappa shape index (κ3) is 2.53. The highest BCUT2D eigenvalue weighted by molar-refractivity contribution is 5.78. The van der Waals surface area contributed by atoms with E-state index in [0.29, 0.717) is 6.42 Å². The third-order valence-electron chi connectivity index (χ3n) is 1.87. The number of allylic oxidation sites excluding steroid dienone is 1. The number of rotatable bonds is 3. The van der Waals surface area contributed by atoms with Crippen molar-refractivity contribution in [3.05, 3.63) is 24.3 Å². The fourth-order valence-electron chi connectivity index (χ4n) is 1.16. The molecule has 1 amide bonds. The summed E-state index contributed by atoms with van der Waals surface area (Å²) in [6.07, 6.45) is 9.59. The molecule has 0 unspecified atom stereocenters. The van der Waals surface area contributed by atoms with Gasteiger partial charge in [-0.2, -0.15) is 0 Å². The molecule has 0 aromatic rings. The number of carbonyl (C=O) groups is 1. The van der Waals surface area contributed by atoms with E-state index in [4.69, 9.17) is 0 Å². The van der Waals surface area contributed by atoms with Crippen LogP contribution in [0.3, 0.4) is 0 Å².